The summed E-state index contributed by atoms with van der Waals surface area (Å²) in [5.74, 6) is -0.147. The molecule has 3 N–H and O–H groups in total. The van der Waals surface area contributed by atoms with Crippen LogP contribution in [0.2, 0.25) is 0 Å². The second-order valence-electron chi connectivity index (χ2n) is 6.41. The van der Waals surface area contributed by atoms with Crippen LogP contribution in [0.25, 0.3) is 0 Å². The molecule has 0 aromatic heterocycles. The lowest BCUT2D eigenvalue weighted by molar-refractivity contribution is -0.125. The first kappa shape index (κ1) is 19.7. The Morgan fingerprint density at radius 1 is 1.26 bits per heavy atom. The Labute approximate surface area is 141 Å². The second kappa shape index (κ2) is 10.4. The van der Waals surface area contributed by atoms with E-state index in [9.17, 15) is 4.79 Å². The van der Waals surface area contributed by atoms with Crippen LogP contribution >= 0.6 is 0 Å². The van der Waals surface area contributed by atoms with Gasteiger partial charge in [0.25, 0.3) is 0 Å². The standard InChI is InChI=1S/C19H33N3O/c1-5-7-11-22(6-2)14-18-10-8-9-17(12-18)13-21-19(23)15(3)16(4)20/h8-10,12,15-16H,5-7,11,13-14,20H2,1-4H3,(H,21,23). The van der Waals surface area contributed by atoms with E-state index in [1.807, 2.05) is 13.8 Å². The zero-order valence-electron chi connectivity index (χ0n) is 15.1. The van der Waals surface area contributed by atoms with Crippen molar-refractivity contribution in [1.82, 2.24) is 10.2 Å². The summed E-state index contributed by atoms with van der Waals surface area (Å²) in [5, 5.41) is 2.98. The molecule has 1 aromatic carbocycles. The SMILES string of the molecule is CCCCN(CC)Cc1cccc(CNC(=O)C(C)C(C)N)c1. The molecule has 0 radical (unpaired) electrons. The number of benzene rings is 1. The summed E-state index contributed by atoms with van der Waals surface area (Å²) in [6.07, 6.45) is 2.46. The number of amides is 1. The van der Waals surface area contributed by atoms with E-state index < -0.39 is 0 Å². The highest BCUT2D eigenvalue weighted by Crippen LogP contribution is 2.10. The molecule has 0 fully saturated rings. The number of carbonyl (C=O) groups is 1. The van der Waals surface area contributed by atoms with E-state index in [2.05, 4.69) is 48.3 Å². The number of unbranched alkanes of at least 4 members (excludes halogenated alkanes) is 1. The maximum atomic E-state index is 12.0. The van der Waals surface area contributed by atoms with Crippen LogP contribution in [0.5, 0.6) is 0 Å². The smallest absolute Gasteiger partial charge is 0.224 e. The third kappa shape index (κ3) is 7.14. The molecule has 0 saturated heterocycles. The summed E-state index contributed by atoms with van der Waals surface area (Å²) in [4.78, 5) is 14.4. The molecule has 4 heteroatoms. The van der Waals surface area contributed by atoms with Gasteiger partial charge in [-0.1, -0.05) is 51.5 Å². The summed E-state index contributed by atoms with van der Waals surface area (Å²) in [6.45, 7) is 11.9. The summed E-state index contributed by atoms with van der Waals surface area (Å²) in [5.41, 5.74) is 8.21. The van der Waals surface area contributed by atoms with Gasteiger partial charge in [-0.15, -0.1) is 0 Å². The number of hydrogen-bond donors (Lipinski definition) is 2. The first-order valence-electron chi connectivity index (χ1n) is 8.81. The molecule has 130 valence electrons. The Bertz CT molecular complexity index is 473. The molecule has 23 heavy (non-hydrogen) atoms. The normalized spacial score (nSPS) is 13.8. The molecule has 0 heterocycles. The molecule has 1 rings (SSSR count). The number of rotatable bonds is 10. The lowest BCUT2D eigenvalue weighted by Crippen LogP contribution is -2.38. The van der Waals surface area contributed by atoms with Crippen molar-refractivity contribution in [2.24, 2.45) is 11.7 Å². The lowest BCUT2D eigenvalue weighted by Gasteiger charge is -2.20. The summed E-state index contributed by atoms with van der Waals surface area (Å²) < 4.78 is 0. The first-order valence-corrected chi connectivity index (χ1v) is 8.81. The van der Waals surface area contributed by atoms with Crippen molar-refractivity contribution in [3.63, 3.8) is 0 Å². The van der Waals surface area contributed by atoms with E-state index in [1.165, 1.54) is 18.4 Å². The average molecular weight is 319 g/mol. The topological polar surface area (TPSA) is 58.4 Å². The number of hydrogen-bond acceptors (Lipinski definition) is 3. The van der Waals surface area contributed by atoms with E-state index in [1.54, 1.807) is 0 Å². The van der Waals surface area contributed by atoms with Crippen LogP contribution in [-0.4, -0.2) is 29.9 Å². The molecule has 1 aromatic rings. The van der Waals surface area contributed by atoms with Gasteiger partial charge in [0.2, 0.25) is 5.91 Å². The van der Waals surface area contributed by atoms with Crippen LogP contribution in [0.3, 0.4) is 0 Å². The zero-order chi connectivity index (χ0) is 17.2. The van der Waals surface area contributed by atoms with Crippen LogP contribution in [0, 0.1) is 5.92 Å². The van der Waals surface area contributed by atoms with Gasteiger partial charge in [0, 0.05) is 25.0 Å². The minimum Gasteiger partial charge on any atom is -0.352 e. The van der Waals surface area contributed by atoms with Crippen molar-refractivity contribution < 1.29 is 4.79 Å². The Kier molecular flexibility index (Phi) is 8.89. The fourth-order valence-corrected chi connectivity index (χ4v) is 2.42. The largest absolute Gasteiger partial charge is 0.352 e. The van der Waals surface area contributed by atoms with Crippen LogP contribution in [0.4, 0.5) is 0 Å². The average Bonchev–Trinajstić information content (AvgIpc) is 2.55. The van der Waals surface area contributed by atoms with Gasteiger partial charge in [-0.25, -0.2) is 0 Å². The molecule has 2 atom stereocenters. The van der Waals surface area contributed by atoms with Gasteiger partial charge in [-0.05, 0) is 37.6 Å². The van der Waals surface area contributed by atoms with Crippen LogP contribution in [0.1, 0.15) is 51.7 Å². The molecule has 0 saturated carbocycles. The highest BCUT2D eigenvalue weighted by Gasteiger charge is 2.16. The predicted octanol–water partition coefficient (Wildman–Crippen LogP) is 2.91. The number of nitrogens with one attached hydrogen (secondary N) is 1. The number of nitrogens with zero attached hydrogens (tertiary/aromatic N) is 1. The zero-order valence-corrected chi connectivity index (χ0v) is 15.1. The fraction of sp³-hybridized carbons (Fsp3) is 0.632. The van der Waals surface area contributed by atoms with E-state index in [0.717, 1.165) is 25.2 Å². The van der Waals surface area contributed by atoms with Crippen molar-refractivity contribution >= 4 is 5.91 Å². The molecule has 2 unspecified atom stereocenters. The summed E-state index contributed by atoms with van der Waals surface area (Å²) in [7, 11) is 0. The molecule has 0 bridgehead atoms. The molecule has 0 aliphatic heterocycles. The van der Waals surface area contributed by atoms with Crippen molar-refractivity contribution in [3.05, 3.63) is 35.4 Å². The van der Waals surface area contributed by atoms with Gasteiger partial charge in [-0.2, -0.15) is 0 Å². The number of carbonyl (C=O) groups excluding carboxylic acids is 1. The van der Waals surface area contributed by atoms with Gasteiger partial charge in [0.15, 0.2) is 0 Å². The summed E-state index contributed by atoms with van der Waals surface area (Å²) in [6, 6.07) is 8.34. The Morgan fingerprint density at radius 3 is 2.57 bits per heavy atom. The quantitative estimate of drug-likeness (QED) is 0.697. The lowest BCUT2D eigenvalue weighted by atomic mass is 10.0. The highest BCUT2D eigenvalue weighted by atomic mass is 16.1. The van der Waals surface area contributed by atoms with Gasteiger partial charge >= 0.3 is 0 Å². The molecule has 1 amide bonds. The molecule has 0 spiro atoms. The Hall–Kier alpha value is -1.39. The van der Waals surface area contributed by atoms with E-state index >= 15 is 0 Å². The van der Waals surface area contributed by atoms with Crippen molar-refractivity contribution in [3.8, 4) is 0 Å². The molecular formula is C19H33N3O. The first-order chi connectivity index (χ1) is 11.0. The van der Waals surface area contributed by atoms with E-state index in [-0.39, 0.29) is 17.9 Å². The third-order valence-electron chi connectivity index (χ3n) is 4.34. The molecular weight excluding hydrogens is 286 g/mol. The van der Waals surface area contributed by atoms with Crippen molar-refractivity contribution in [2.45, 2.75) is 59.7 Å². The van der Waals surface area contributed by atoms with Crippen molar-refractivity contribution in [1.29, 1.82) is 0 Å². The van der Waals surface area contributed by atoms with E-state index in [4.69, 9.17) is 5.73 Å². The van der Waals surface area contributed by atoms with Crippen LogP contribution < -0.4 is 11.1 Å². The van der Waals surface area contributed by atoms with Crippen molar-refractivity contribution in [2.75, 3.05) is 13.1 Å². The van der Waals surface area contributed by atoms with Gasteiger partial charge in [0.1, 0.15) is 0 Å². The highest BCUT2D eigenvalue weighted by molar-refractivity contribution is 5.78. The van der Waals surface area contributed by atoms with Gasteiger partial charge in [0.05, 0.1) is 0 Å². The Balaban J connectivity index is 2.57. The Morgan fingerprint density at radius 2 is 1.96 bits per heavy atom. The summed E-state index contributed by atoms with van der Waals surface area (Å²) >= 11 is 0. The van der Waals surface area contributed by atoms with Crippen LogP contribution in [-0.2, 0) is 17.9 Å². The van der Waals surface area contributed by atoms with Gasteiger partial charge < -0.3 is 11.1 Å². The second-order valence-corrected chi connectivity index (χ2v) is 6.41. The van der Waals surface area contributed by atoms with E-state index in [0.29, 0.717) is 6.54 Å². The minimum absolute atomic E-state index is 0.0172. The van der Waals surface area contributed by atoms with Gasteiger partial charge in [-0.3, -0.25) is 9.69 Å². The predicted molar refractivity (Wildman–Crippen MR) is 97.0 cm³/mol. The monoisotopic (exact) mass is 319 g/mol. The molecule has 0 aliphatic rings. The fourth-order valence-electron chi connectivity index (χ4n) is 2.42. The molecule has 4 nitrogen and oxygen atoms in total. The maximum absolute atomic E-state index is 12.0. The van der Waals surface area contributed by atoms with Crippen LogP contribution in [0.15, 0.2) is 24.3 Å². The number of nitrogens with two attached hydrogens (primary N) is 1. The minimum atomic E-state index is -0.164. The molecule has 0 aliphatic carbocycles. The maximum Gasteiger partial charge on any atom is 0.224 e. The third-order valence-corrected chi connectivity index (χ3v) is 4.34.